The van der Waals surface area contributed by atoms with Crippen molar-refractivity contribution in [3.05, 3.63) is 58.7 Å². The highest BCUT2D eigenvalue weighted by atomic mass is 32.1. The number of allylic oxidation sites excluding steroid dienone is 1. The second-order valence-electron chi connectivity index (χ2n) is 7.32. The van der Waals surface area contributed by atoms with Crippen LogP contribution in [-0.4, -0.2) is 20.3 Å². The normalized spacial score (nSPS) is 12.2. The summed E-state index contributed by atoms with van der Waals surface area (Å²) in [6.07, 6.45) is 5.26. The second kappa shape index (κ2) is 8.69. The van der Waals surface area contributed by atoms with Crippen LogP contribution in [-0.2, 0) is 13.0 Å². The van der Waals surface area contributed by atoms with Gasteiger partial charge in [0.2, 0.25) is 0 Å². The molecule has 0 spiro atoms. The van der Waals surface area contributed by atoms with E-state index < -0.39 is 0 Å². The van der Waals surface area contributed by atoms with Gasteiger partial charge >= 0.3 is 0 Å². The van der Waals surface area contributed by atoms with Gasteiger partial charge < -0.3 is 4.57 Å². The van der Waals surface area contributed by atoms with Gasteiger partial charge in [-0.2, -0.15) is 10.1 Å². The van der Waals surface area contributed by atoms with Gasteiger partial charge in [0, 0.05) is 18.3 Å². The molecule has 0 saturated carbocycles. The number of unbranched alkanes of at least 4 members (excludes halogenated alkanes) is 1. The van der Waals surface area contributed by atoms with E-state index in [1.807, 2.05) is 36.1 Å². The first-order valence-electron chi connectivity index (χ1n) is 9.83. The zero-order chi connectivity index (χ0) is 20.3. The molecular formula is C22H28N4OS. The number of amides is 1. The van der Waals surface area contributed by atoms with Crippen LogP contribution in [0.4, 0.5) is 0 Å². The Balaban J connectivity index is 2.04. The number of rotatable bonds is 7. The third kappa shape index (κ3) is 4.17. The Morgan fingerprint density at radius 1 is 1.36 bits per heavy atom. The predicted molar refractivity (Wildman–Crippen MR) is 116 cm³/mol. The highest BCUT2D eigenvalue weighted by molar-refractivity contribution is 7.16. The molecule has 1 amide bonds. The lowest BCUT2D eigenvalue weighted by Crippen LogP contribution is -2.16. The van der Waals surface area contributed by atoms with E-state index in [-0.39, 0.29) is 11.9 Å². The van der Waals surface area contributed by atoms with Crippen molar-refractivity contribution in [2.45, 2.75) is 59.5 Å². The molecule has 0 aliphatic rings. The van der Waals surface area contributed by atoms with Gasteiger partial charge in [-0.05, 0) is 57.4 Å². The van der Waals surface area contributed by atoms with Gasteiger partial charge in [-0.25, -0.2) is 0 Å². The number of hydrogen-bond donors (Lipinski definition) is 0. The van der Waals surface area contributed by atoms with E-state index in [4.69, 9.17) is 0 Å². The monoisotopic (exact) mass is 396 g/mol. The molecule has 0 aliphatic heterocycles. The number of carbonyl (C=O) groups is 1. The standard InChI is InChI=1S/C22H28N4OS/c1-6-8-9-17-10-11-19-20(14-17)28-22(25(19)12-7-2)23-21(27)18-13-16(5)26(24-18)15(3)4/h7,10-11,13-15H,2,6,8-9,12H2,1,3-5H3. The number of aromatic nitrogens is 3. The Labute approximate surface area is 170 Å². The first kappa shape index (κ1) is 20.3. The molecule has 5 nitrogen and oxygen atoms in total. The predicted octanol–water partition coefficient (Wildman–Crippen LogP) is 5.06. The molecule has 0 unspecified atom stereocenters. The molecule has 3 aromatic rings. The van der Waals surface area contributed by atoms with E-state index in [2.05, 4.69) is 41.8 Å². The minimum atomic E-state index is -0.307. The molecule has 1 aromatic carbocycles. The maximum absolute atomic E-state index is 12.8. The third-order valence-electron chi connectivity index (χ3n) is 4.71. The van der Waals surface area contributed by atoms with Crippen molar-refractivity contribution in [3.63, 3.8) is 0 Å². The minimum Gasteiger partial charge on any atom is -0.312 e. The zero-order valence-electron chi connectivity index (χ0n) is 17.1. The summed E-state index contributed by atoms with van der Waals surface area (Å²) in [6, 6.07) is 8.53. The third-order valence-corrected chi connectivity index (χ3v) is 5.75. The Morgan fingerprint density at radius 2 is 2.14 bits per heavy atom. The average molecular weight is 397 g/mol. The lowest BCUT2D eigenvalue weighted by molar-refractivity contribution is 0.0992. The fourth-order valence-electron chi connectivity index (χ4n) is 3.30. The molecule has 3 rings (SSSR count). The van der Waals surface area contributed by atoms with Crippen LogP contribution in [0.5, 0.6) is 0 Å². The minimum absolute atomic E-state index is 0.207. The summed E-state index contributed by atoms with van der Waals surface area (Å²) in [4.78, 5) is 17.9. The zero-order valence-corrected chi connectivity index (χ0v) is 17.9. The van der Waals surface area contributed by atoms with E-state index >= 15 is 0 Å². The molecule has 0 saturated heterocycles. The summed E-state index contributed by atoms with van der Waals surface area (Å²) >= 11 is 1.54. The maximum atomic E-state index is 12.8. The molecule has 0 bridgehead atoms. The van der Waals surface area contributed by atoms with Crippen molar-refractivity contribution in [2.75, 3.05) is 0 Å². The number of hydrogen-bond acceptors (Lipinski definition) is 3. The molecule has 28 heavy (non-hydrogen) atoms. The van der Waals surface area contributed by atoms with Crippen LogP contribution in [0.15, 0.2) is 41.9 Å². The first-order chi connectivity index (χ1) is 13.4. The van der Waals surface area contributed by atoms with Gasteiger partial charge in [-0.3, -0.25) is 9.48 Å². The topological polar surface area (TPSA) is 52.2 Å². The molecule has 0 atom stereocenters. The van der Waals surface area contributed by atoms with Crippen LogP contribution in [0.25, 0.3) is 10.2 Å². The molecule has 0 radical (unpaired) electrons. The Kier molecular flexibility index (Phi) is 6.29. The van der Waals surface area contributed by atoms with Crippen molar-refractivity contribution in [1.82, 2.24) is 14.3 Å². The summed E-state index contributed by atoms with van der Waals surface area (Å²) in [7, 11) is 0. The van der Waals surface area contributed by atoms with E-state index in [0.29, 0.717) is 17.0 Å². The van der Waals surface area contributed by atoms with E-state index in [0.717, 1.165) is 22.3 Å². The molecule has 0 aliphatic carbocycles. The van der Waals surface area contributed by atoms with Crippen LogP contribution >= 0.6 is 11.3 Å². The SMILES string of the molecule is C=CCn1c(=NC(=O)c2cc(C)n(C(C)C)n2)sc2cc(CCCC)ccc21. The quantitative estimate of drug-likeness (QED) is 0.524. The summed E-state index contributed by atoms with van der Waals surface area (Å²) in [5, 5.41) is 4.43. The fourth-order valence-corrected chi connectivity index (χ4v) is 4.41. The van der Waals surface area contributed by atoms with Gasteiger partial charge in [-0.1, -0.05) is 36.8 Å². The molecule has 2 heterocycles. The molecule has 148 valence electrons. The molecule has 6 heteroatoms. The maximum Gasteiger partial charge on any atom is 0.300 e. The molecule has 2 aromatic heterocycles. The highest BCUT2D eigenvalue weighted by Crippen LogP contribution is 2.21. The number of nitrogens with zero attached hydrogens (tertiary/aromatic N) is 4. The van der Waals surface area contributed by atoms with Gasteiger partial charge in [-0.15, -0.1) is 6.58 Å². The van der Waals surface area contributed by atoms with Crippen molar-refractivity contribution in [2.24, 2.45) is 4.99 Å². The molecule has 0 fully saturated rings. The summed E-state index contributed by atoms with van der Waals surface area (Å²) in [5.41, 5.74) is 3.76. The summed E-state index contributed by atoms with van der Waals surface area (Å²) in [5.74, 6) is -0.307. The van der Waals surface area contributed by atoms with E-state index in [9.17, 15) is 4.79 Å². The smallest absolute Gasteiger partial charge is 0.300 e. The van der Waals surface area contributed by atoms with Crippen LogP contribution < -0.4 is 4.80 Å². The lowest BCUT2D eigenvalue weighted by Gasteiger charge is -2.06. The largest absolute Gasteiger partial charge is 0.312 e. The Hall–Kier alpha value is -2.47. The van der Waals surface area contributed by atoms with E-state index in [1.165, 1.54) is 18.4 Å². The Bertz CT molecular complexity index is 1070. The van der Waals surface area contributed by atoms with Gasteiger partial charge in [0.1, 0.15) is 0 Å². The van der Waals surface area contributed by atoms with Crippen molar-refractivity contribution in [3.8, 4) is 0 Å². The van der Waals surface area contributed by atoms with E-state index in [1.54, 1.807) is 17.4 Å². The van der Waals surface area contributed by atoms with Crippen LogP contribution in [0.2, 0.25) is 0 Å². The second-order valence-corrected chi connectivity index (χ2v) is 8.32. The first-order valence-corrected chi connectivity index (χ1v) is 10.6. The molecule has 0 N–H and O–H groups in total. The van der Waals surface area contributed by atoms with Crippen molar-refractivity contribution >= 4 is 27.5 Å². The van der Waals surface area contributed by atoms with Crippen molar-refractivity contribution < 1.29 is 4.79 Å². The average Bonchev–Trinajstić information content (AvgIpc) is 3.21. The Morgan fingerprint density at radius 3 is 2.79 bits per heavy atom. The van der Waals surface area contributed by atoms with Crippen LogP contribution in [0, 0.1) is 6.92 Å². The number of carbonyl (C=O) groups excluding carboxylic acids is 1. The van der Waals surface area contributed by atoms with Crippen LogP contribution in [0.1, 0.15) is 61.4 Å². The van der Waals surface area contributed by atoms with Gasteiger partial charge in [0.25, 0.3) is 5.91 Å². The number of fused-ring (bicyclic) bond motifs is 1. The van der Waals surface area contributed by atoms with Gasteiger partial charge in [0.05, 0.1) is 10.2 Å². The fraction of sp³-hybridized carbons (Fsp3) is 0.409. The summed E-state index contributed by atoms with van der Waals surface area (Å²) < 4.78 is 5.04. The molecular weight excluding hydrogens is 368 g/mol. The highest BCUT2D eigenvalue weighted by Gasteiger charge is 2.14. The number of aryl methyl sites for hydroxylation is 2. The summed E-state index contributed by atoms with van der Waals surface area (Å²) in [6.45, 7) is 12.7. The number of benzene rings is 1. The van der Waals surface area contributed by atoms with Crippen LogP contribution in [0.3, 0.4) is 0 Å². The number of thiazole rings is 1. The van der Waals surface area contributed by atoms with Crippen molar-refractivity contribution in [1.29, 1.82) is 0 Å². The lowest BCUT2D eigenvalue weighted by atomic mass is 10.1. The van der Waals surface area contributed by atoms with Gasteiger partial charge in [0.15, 0.2) is 10.5 Å².